The molecule has 21 heavy (non-hydrogen) atoms. The fraction of sp³-hybridized carbons (Fsp3) is 0.562. The number of carbonyl (C=O) groups is 1. The normalized spacial score (nSPS) is 22.7. The third kappa shape index (κ3) is 5.01. The summed E-state index contributed by atoms with van der Waals surface area (Å²) in [7, 11) is 0. The summed E-state index contributed by atoms with van der Waals surface area (Å²) in [5, 5.41) is 10.0. The van der Waals surface area contributed by atoms with Gasteiger partial charge in [-0.25, -0.2) is 4.39 Å². The van der Waals surface area contributed by atoms with E-state index in [1.807, 2.05) is 6.92 Å². The van der Waals surface area contributed by atoms with Crippen LogP contribution in [0, 0.1) is 5.82 Å². The Morgan fingerprint density at radius 1 is 1.33 bits per heavy atom. The fourth-order valence-corrected chi connectivity index (χ4v) is 2.46. The van der Waals surface area contributed by atoms with Crippen LogP contribution in [-0.4, -0.2) is 41.2 Å². The van der Waals surface area contributed by atoms with Crippen molar-refractivity contribution in [2.24, 2.45) is 0 Å². The highest BCUT2D eigenvalue weighted by atomic mass is 19.1. The first-order valence-electron chi connectivity index (χ1n) is 7.35. The number of aliphatic hydroxyl groups is 1. The van der Waals surface area contributed by atoms with Crippen molar-refractivity contribution < 1.29 is 19.0 Å². The average molecular weight is 295 g/mol. The van der Waals surface area contributed by atoms with Crippen molar-refractivity contribution >= 4 is 5.91 Å². The molecule has 0 aromatic heterocycles. The monoisotopic (exact) mass is 295 g/mol. The van der Waals surface area contributed by atoms with Crippen LogP contribution in [-0.2, 0) is 4.79 Å². The van der Waals surface area contributed by atoms with E-state index >= 15 is 0 Å². The zero-order chi connectivity index (χ0) is 15.3. The molecule has 1 N–H and O–H groups in total. The number of rotatable bonds is 4. The Morgan fingerprint density at radius 2 is 2.05 bits per heavy atom. The maximum atomic E-state index is 12.7. The highest BCUT2D eigenvalue weighted by Gasteiger charge is 2.26. The van der Waals surface area contributed by atoms with E-state index in [4.69, 9.17) is 4.74 Å². The Morgan fingerprint density at radius 3 is 2.76 bits per heavy atom. The topological polar surface area (TPSA) is 49.8 Å². The minimum absolute atomic E-state index is 0.0369. The lowest BCUT2D eigenvalue weighted by Crippen LogP contribution is -2.34. The second-order valence-corrected chi connectivity index (χ2v) is 5.78. The van der Waals surface area contributed by atoms with E-state index in [0.717, 1.165) is 12.8 Å². The molecule has 0 aliphatic carbocycles. The molecule has 1 aromatic carbocycles. The summed E-state index contributed by atoms with van der Waals surface area (Å²) < 4.78 is 18.2. The van der Waals surface area contributed by atoms with Crippen molar-refractivity contribution in [2.45, 2.75) is 38.2 Å². The summed E-state index contributed by atoms with van der Waals surface area (Å²) in [6.45, 7) is 3.36. The molecule has 0 saturated carbocycles. The molecule has 116 valence electrons. The number of carbonyl (C=O) groups excluding carboxylic acids is 1. The predicted molar refractivity (Wildman–Crippen MR) is 77.6 cm³/mol. The van der Waals surface area contributed by atoms with E-state index in [2.05, 4.69) is 0 Å². The van der Waals surface area contributed by atoms with Gasteiger partial charge in [-0.15, -0.1) is 0 Å². The van der Waals surface area contributed by atoms with Gasteiger partial charge in [0.05, 0.1) is 18.6 Å². The highest BCUT2D eigenvalue weighted by Crippen LogP contribution is 2.21. The van der Waals surface area contributed by atoms with Crippen LogP contribution in [0.4, 0.5) is 4.39 Å². The maximum Gasteiger partial charge on any atom is 0.225 e. The second kappa shape index (κ2) is 6.89. The zero-order valence-electron chi connectivity index (χ0n) is 12.3. The van der Waals surface area contributed by atoms with Crippen LogP contribution in [0.15, 0.2) is 24.3 Å². The van der Waals surface area contributed by atoms with E-state index in [9.17, 15) is 14.3 Å². The molecule has 1 atom stereocenters. The maximum absolute atomic E-state index is 12.7. The molecule has 1 heterocycles. The lowest BCUT2D eigenvalue weighted by molar-refractivity contribution is -0.131. The van der Waals surface area contributed by atoms with E-state index in [1.54, 1.807) is 17.0 Å². The van der Waals surface area contributed by atoms with Gasteiger partial charge in [-0.05, 0) is 50.5 Å². The molecule has 1 saturated heterocycles. The molecule has 1 aliphatic heterocycles. The first kappa shape index (κ1) is 15.8. The standard InChI is InChI=1S/C16H22FNO3/c1-16(20)8-2-10-18(11-9-16)15(19)7-12-21-14-5-3-13(17)4-6-14/h3-6,20H,2,7-12H2,1H3. The van der Waals surface area contributed by atoms with Crippen LogP contribution in [0.25, 0.3) is 0 Å². The number of nitrogens with zero attached hydrogens (tertiary/aromatic N) is 1. The second-order valence-electron chi connectivity index (χ2n) is 5.78. The van der Waals surface area contributed by atoms with Gasteiger partial charge in [-0.3, -0.25) is 4.79 Å². The number of hydrogen-bond donors (Lipinski definition) is 1. The number of ether oxygens (including phenoxy) is 1. The number of halogens is 1. The summed E-state index contributed by atoms with van der Waals surface area (Å²) in [6, 6.07) is 5.74. The summed E-state index contributed by atoms with van der Waals surface area (Å²) >= 11 is 0. The molecular weight excluding hydrogens is 273 g/mol. The molecule has 1 amide bonds. The van der Waals surface area contributed by atoms with Gasteiger partial charge < -0.3 is 14.7 Å². The molecule has 2 rings (SSSR count). The van der Waals surface area contributed by atoms with Crippen LogP contribution in [0.2, 0.25) is 0 Å². The lowest BCUT2D eigenvalue weighted by Gasteiger charge is -2.22. The third-order valence-electron chi connectivity index (χ3n) is 3.81. The largest absolute Gasteiger partial charge is 0.493 e. The summed E-state index contributed by atoms with van der Waals surface area (Å²) in [5.74, 6) is 0.285. The number of amides is 1. The third-order valence-corrected chi connectivity index (χ3v) is 3.81. The fourth-order valence-electron chi connectivity index (χ4n) is 2.46. The Labute approximate surface area is 124 Å². The summed E-state index contributed by atoms with van der Waals surface area (Å²) in [4.78, 5) is 13.9. The molecule has 0 bridgehead atoms. The highest BCUT2D eigenvalue weighted by molar-refractivity contribution is 5.76. The summed E-state index contributed by atoms with van der Waals surface area (Å²) in [6.07, 6.45) is 2.44. The Bertz CT molecular complexity index is 473. The first-order valence-corrected chi connectivity index (χ1v) is 7.35. The minimum atomic E-state index is -0.667. The molecule has 1 aromatic rings. The molecule has 1 aliphatic rings. The van der Waals surface area contributed by atoms with Gasteiger partial charge in [-0.2, -0.15) is 0 Å². The van der Waals surface area contributed by atoms with Crippen LogP contribution in [0.3, 0.4) is 0 Å². The van der Waals surface area contributed by atoms with Crippen LogP contribution in [0.1, 0.15) is 32.6 Å². The van der Waals surface area contributed by atoms with Gasteiger partial charge in [0.1, 0.15) is 11.6 Å². The van der Waals surface area contributed by atoms with Gasteiger partial charge in [0.15, 0.2) is 0 Å². The van der Waals surface area contributed by atoms with Crippen molar-refractivity contribution in [3.63, 3.8) is 0 Å². The predicted octanol–water partition coefficient (Wildman–Crippen LogP) is 2.36. The van der Waals surface area contributed by atoms with Crippen molar-refractivity contribution in [1.82, 2.24) is 4.90 Å². The van der Waals surface area contributed by atoms with Gasteiger partial charge in [0.25, 0.3) is 0 Å². The molecule has 4 nitrogen and oxygen atoms in total. The SMILES string of the molecule is CC1(O)CCCN(C(=O)CCOc2ccc(F)cc2)CC1. The van der Waals surface area contributed by atoms with Crippen molar-refractivity contribution in [2.75, 3.05) is 19.7 Å². The molecule has 0 spiro atoms. The molecular formula is C16H22FNO3. The lowest BCUT2D eigenvalue weighted by atomic mass is 9.98. The Hall–Kier alpha value is -1.62. The average Bonchev–Trinajstić information content (AvgIpc) is 2.62. The number of likely N-dealkylation sites (tertiary alicyclic amines) is 1. The van der Waals surface area contributed by atoms with Crippen LogP contribution < -0.4 is 4.74 Å². The van der Waals surface area contributed by atoms with Gasteiger partial charge in [0.2, 0.25) is 5.91 Å². The van der Waals surface area contributed by atoms with Crippen molar-refractivity contribution in [3.8, 4) is 5.75 Å². The summed E-state index contributed by atoms with van der Waals surface area (Å²) in [5.41, 5.74) is -0.667. The van der Waals surface area contributed by atoms with Crippen molar-refractivity contribution in [1.29, 1.82) is 0 Å². The van der Waals surface area contributed by atoms with Gasteiger partial charge in [0, 0.05) is 13.1 Å². The van der Waals surface area contributed by atoms with E-state index in [-0.39, 0.29) is 18.3 Å². The van der Waals surface area contributed by atoms with E-state index < -0.39 is 5.60 Å². The zero-order valence-corrected chi connectivity index (χ0v) is 12.3. The quantitative estimate of drug-likeness (QED) is 0.927. The van der Waals surface area contributed by atoms with Gasteiger partial charge in [-0.1, -0.05) is 0 Å². The molecule has 5 heteroatoms. The van der Waals surface area contributed by atoms with Crippen molar-refractivity contribution in [3.05, 3.63) is 30.1 Å². The van der Waals surface area contributed by atoms with Crippen LogP contribution in [0.5, 0.6) is 5.75 Å². The first-order chi connectivity index (χ1) is 9.96. The number of hydrogen-bond acceptors (Lipinski definition) is 3. The Kier molecular flexibility index (Phi) is 5.17. The molecule has 1 fully saturated rings. The smallest absolute Gasteiger partial charge is 0.225 e. The molecule has 0 radical (unpaired) electrons. The van der Waals surface area contributed by atoms with Gasteiger partial charge >= 0.3 is 0 Å². The Balaban J connectivity index is 1.75. The molecule has 1 unspecified atom stereocenters. The number of benzene rings is 1. The van der Waals surface area contributed by atoms with Crippen LogP contribution >= 0.6 is 0 Å². The minimum Gasteiger partial charge on any atom is -0.493 e. The van der Waals surface area contributed by atoms with E-state index in [1.165, 1.54) is 12.1 Å². The van der Waals surface area contributed by atoms with E-state index in [0.29, 0.717) is 31.7 Å².